The molecule has 2 saturated heterocycles. The normalized spacial score (nSPS) is 28.1. The number of hydrogen-bond donors (Lipinski definition) is 1. The summed E-state index contributed by atoms with van der Waals surface area (Å²) in [5, 5.41) is 9.95. The van der Waals surface area contributed by atoms with Crippen LogP contribution >= 0.6 is 0 Å². The number of carbonyl (C=O) groups is 3. The van der Waals surface area contributed by atoms with Crippen LogP contribution < -0.4 is 0 Å². The SMILES string of the molecule is CC1(O)CCCN(C(=O)CCN2C(=O)CCC2=O)C1. The van der Waals surface area contributed by atoms with Crippen LogP contribution in [0.15, 0.2) is 0 Å². The summed E-state index contributed by atoms with van der Waals surface area (Å²) in [7, 11) is 0. The van der Waals surface area contributed by atoms with E-state index in [0.29, 0.717) is 19.5 Å². The van der Waals surface area contributed by atoms with Gasteiger partial charge in [0.15, 0.2) is 0 Å². The van der Waals surface area contributed by atoms with Crippen molar-refractivity contribution in [2.45, 2.75) is 44.6 Å². The van der Waals surface area contributed by atoms with Crippen LogP contribution in [0, 0.1) is 0 Å². The molecule has 2 rings (SSSR count). The molecule has 6 heteroatoms. The lowest BCUT2D eigenvalue weighted by Crippen LogP contribution is -2.49. The first kappa shape index (κ1) is 14.0. The second-order valence-corrected chi connectivity index (χ2v) is 5.60. The van der Waals surface area contributed by atoms with Crippen LogP contribution in [-0.2, 0) is 14.4 Å². The zero-order chi connectivity index (χ0) is 14.0. The Labute approximate surface area is 112 Å². The van der Waals surface area contributed by atoms with E-state index in [1.165, 1.54) is 4.90 Å². The quantitative estimate of drug-likeness (QED) is 0.725. The van der Waals surface area contributed by atoms with Crippen molar-refractivity contribution >= 4 is 17.7 Å². The van der Waals surface area contributed by atoms with E-state index in [9.17, 15) is 19.5 Å². The summed E-state index contributed by atoms with van der Waals surface area (Å²) in [6.45, 7) is 2.85. The summed E-state index contributed by atoms with van der Waals surface area (Å²) < 4.78 is 0. The summed E-state index contributed by atoms with van der Waals surface area (Å²) in [5.74, 6) is -0.487. The molecule has 2 aliphatic heterocycles. The minimum Gasteiger partial charge on any atom is -0.388 e. The molecule has 0 radical (unpaired) electrons. The number of nitrogens with zero attached hydrogens (tertiary/aromatic N) is 2. The maximum Gasteiger partial charge on any atom is 0.229 e. The molecule has 2 heterocycles. The molecule has 0 bridgehead atoms. The summed E-state index contributed by atoms with van der Waals surface area (Å²) in [6, 6.07) is 0. The maximum absolute atomic E-state index is 12.0. The number of β-amino-alcohol motifs (C(OH)–C–C–N with tert-alkyl or cyclic N) is 1. The standard InChI is InChI=1S/C13H20N2O4/c1-13(19)6-2-7-14(9-13)10(16)5-8-15-11(17)3-4-12(15)18/h19H,2-9H2,1H3. The Bertz CT molecular complexity index is 389. The highest BCUT2D eigenvalue weighted by Crippen LogP contribution is 2.21. The molecule has 6 nitrogen and oxygen atoms in total. The molecule has 0 saturated carbocycles. The van der Waals surface area contributed by atoms with Crippen LogP contribution in [0.5, 0.6) is 0 Å². The van der Waals surface area contributed by atoms with Gasteiger partial charge in [0.2, 0.25) is 17.7 Å². The summed E-state index contributed by atoms with van der Waals surface area (Å²) in [6.07, 6.45) is 2.13. The predicted octanol–water partition coefficient (Wildman–Crippen LogP) is -0.101. The van der Waals surface area contributed by atoms with E-state index in [2.05, 4.69) is 0 Å². The number of carbonyl (C=O) groups excluding carboxylic acids is 3. The lowest BCUT2D eigenvalue weighted by Gasteiger charge is -2.37. The van der Waals surface area contributed by atoms with E-state index in [0.717, 1.165) is 6.42 Å². The van der Waals surface area contributed by atoms with Crippen molar-refractivity contribution in [1.82, 2.24) is 9.80 Å². The van der Waals surface area contributed by atoms with E-state index in [-0.39, 0.29) is 43.5 Å². The predicted molar refractivity (Wildman–Crippen MR) is 67.0 cm³/mol. The van der Waals surface area contributed by atoms with Crippen molar-refractivity contribution in [3.8, 4) is 0 Å². The Hall–Kier alpha value is -1.43. The molecule has 19 heavy (non-hydrogen) atoms. The van der Waals surface area contributed by atoms with Crippen molar-refractivity contribution in [1.29, 1.82) is 0 Å². The highest BCUT2D eigenvalue weighted by Gasteiger charge is 2.32. The van der Waals surface area contributed by atoms with Gasteiger partial charge in [0.1, 0.15) is 0 Å². The first-order valence-electron chi connectivity index (χ1n) is 6.72. The van der Waals surface area contributed by atoms with Gasteiger partial charge in [0, 0.05) is 38.9 Å². The topological polar surface area (TPSA) is 77.9 Å². The molecule has 0 aliphatic carbocycles. The molecule has 2 aliphatic rings. The number of imide groups is 1. The molecule has 1 unspecified atom stereocenters. The zero-order valence-electron chi connectivity index (χ0n) is 11.2. The molecule has 1 N–H and O–H groups in total. The molecule has 0 aromatic carbocycles. The van der Waals surface area contributed by atoms with Gasteiger partial charge in [-0.25, -0.2) is 0 Å². The van der Waals surface area contributed by atoms with Crippen molar-refractivity contribution in [3.63, 3.8) is 0 Å². The number of likely N-dealkylation sites (tertiary alicyclic amines) is 2. The van der Waals surface area contributed by atoms with Crippen LogP contribution in [0.1, 0.15) is 39.0 Å². The van der Waals surface area contributed by atoms with Gasteiger partial charge < -0.3 is 10.0 Å². The second-order valence-electron chi connectivity index (χ2n) is 5.60. The number of aliphatic hydroxyl groups is 1. The summed E-state index contributed by atoms with van der Waals surface area (Å²) in [5.41, 5.74) is -0.826. The minimum atomic E-state index is -0.826. The smallest absolute Gasteiger partial charge is 0.229 e. The molecule has 3 amide bonds. The van der Waals surface area contributed by atoms with E-state index >= 15 is 0 Å². The van der Waals surface area contributed by atoms with E-state index in [1.807, 2.05) is 0 Å². The third kappa shape index (κ3) is 3.32. The average molecular weight is 268 g/mol. The highest BCUT2D eigenvalue weighted by atomic mass is 16.3. The van der Waals surface area contributed by atoms with E-state index < -0.39 is 5.60 Å². The number of amides is 3. The molecule has 2 fully saturated rings. The van der Waals surface area contributed by atoms with Gasteiger partial charge in [-0.2, -0.15) is 0 Å². The maximum atomic E-state index is 12.0. The van der Waals surface area contributed by atoms with Gasteiger partial charge >= 0.3 is 0 Å². The number of hydrogen-bond acceptors (Lipinski definition) is 4. The van der Waals surface area contributed by atoms with Gasteiger partial charge in [-0.15, -0.1) is 0 Å². The highest BCUT2D eigenvalue weighted by molar-refractivity contribution is 6.02. The molecule has 0 aromatic rings. The third-order valence-corrected chi connectivity index (χ3v) is 3.73. The molecule has 1 atom stereocenters. The fraction of sp³-hybridized carbons (Fsp3) is 0.769. The molecular weight excluding hydrogens is 248 g/mol. The Morgan fingerprint density at radius 3 is 2.53 bits per heavy atom. The largest absolute Gasteiger partial charge is 0.388 e. The average Bonchev–Trinajstić information content (AvgIpc) is 2.65. The van der Waals surface area contributed by atoms with Crippen LogP contribution in [-0.4, -0.2) is 57.9 Å². The van der Waals surface area contributed by atoms with Crippen LogP contribution in [0.3, 0.4) is 0 Å². The fourth-order valence-corrected chi connectivity index (χ4v) is 2.67. The Kier molecular flexibility index (Phi) is 3.89. The van der Waals surface area contributed by atoms with Crippen molar-refractivity contribution in [2.75, 3.05) is 19.6 Å². The monoisotopic (exact) mass is 268 g/mol. The fourth-order valence-electron chi connectivity index (χ4n) is 2.67. The lowest BCUT2D eigenvalue weighted by molar-refractivity contribution is -0.141. The molecular formula is C13H20N2O4. The number of rotatable bonds is 3. The van der Waals surface area contributed by atoms with Crippen molar-refractivity contribution in [2.24, 2.45) is 0 Å². The van der Waals surface area contributed by atoms with Crippen LogP contribution in [0.25, 0.3) is 0 Å². The van der Waals surface area contributed by atoms with Gasteiger partial charge in [0.25, 0.3) is 0 Å². The molecule has 106 valence electrons. The van der Waals surface area contributed by atoms with Crippen molar-refractivity contribution < 1.29 is 19.5 Å². The van der Waals surface area contributed by atoms with Crippen LogP contribution in [0.4, 0.5) is 0 Å². The number of piperidine rings is 1. The Morgan fingerprint density at radius 2 is 1.95 bits per heavy atom. The van der Waals surface area contributed by atoms with Crippen molar-refractivity contribution in [3.05, 3.63) is 0 Å². The third-order valence-electron chi connectivity index (χ3n) is 3.73. The van der Waals surface area contributed by atoms with Gasteiger partial charge in [-0.3, -0.25) is 19.3 Å². The first-order chi connectivity index (χ1) is 8.89. The van der Waals surface area contributed by atoms with Gasteiger partial charge in [-0.05, 0) is 19.8 Å². The summed E-state index contributed by atoms with van der Waals surface area (Å²) in [4.78, 5) is 37.6. The summed E-state index contributed by atoms with van der Waals surface area (Å²) >= 11 is 0. The van der Waals surface area contributed by atoms with Crippen LogP contribution in [0.2, 0.25) is 0 Å². The Balaban J connectivity index is 1.84. The minimum absolute atomic E-state index is 0.104. The Morgan fingerprint density at radius 1 is 1.32 bits per heavy atom. The zero-order valence-corrected chi connectivity index (χ0v) is 11.2. The van der Waals surface area contributed by atoms with Gasteiger partial charge in [-0.1, -0.05) is 0 Å². The molecule has 0 spiro atoms. The van der Waals surface area contributed by atoms with E-state index in [4.69, 9.17) is 0 Å². The van der Waals surface area contributed by atoms with Gasteiger partial charge in [0.05, 0.1) is 5.60 Å². The lowest BCUT2D eigenvalue weighted by atomic mass is 9.95. The van der Waals surface area contributed by atoms with E-state index in [1.54, 1.807) is 11.8 Å². The second kappa shape index (κ2) is 5.28. The first-order valence-corrected chi connectivity index (χ1v) is 6.72. The molecule has 0 aromatic heterocycles.